The minimum Gasteiger partial charge on any atom is -0.457 e. The zero-order valence-corrected chi connectivity index (χ0v) is 21.9. The number of aliphatic hydroxyl groups excluding tert-OH is 1. The molecule has 4 aliphatic carbocycles. The van der Waals surface area contributed by atoms with Crippen molar-refractivity contribution in [2.75, 3.05) is 6.86 Å². The lowest BCUT2D eigenvalue weighted by Crippen LogP contribution is -2.70. The Labute approximate surface area is 222 Å². The van der Waals surface area contributed by atoms with Crippen LogP contribution in [0.25, 0.3) is 0 Å². The summed E-state index contributed by atoms with van der Waals surface area (Å²) in [6, 6.07) is 2.82. The first-order chi connectivity index (χ1) is 17.9. The molecule has 0 amide bonds. The van der Waals surface area contributed by atoms with E-state index in [0.29, 0.717) is 0 Å². The minimum atomic E-state index is -2.37. The van der Waals surface area contributed by atoms with Gasteiger partial charge in [0.15, 0.2) is 17.1 Å². The normalized spacial score (nSPS) is 43.6. The molecule has 7 nitrogen and oxygen atoms in total. The zero-order valence-electron chi connectivity index (χ0n) is 21.1. The first-order valence-corrected chi connectivity index (χ1v) is 13.2. The number of esters is 1. The van der Waals surface area contributed by atoms with Crippen LogP contribution in [0.4, 0.5) is 13.2 Å². The maximum atomic E-state index is 17.4. The Bertz CT molecular complexity index is 1220. The first-order valence-electron chi connectivity index (χ1n) is 12.5. The third-order valence-corrected chi connectivity index (χ3v) is 10.3. The molecule has 0 saturated heterocycles. The predicted molar refractivity (Wildman–Crippen MR) is 130 cm³/mol. The minimum absolute atomic E-state index is 0.0177. The molecule has 0 radical (unpaired) electrons. The van der Waals surface area contributed by atoms with Crippen LogP contribution in [0.15, 0.2) is 46.6 Å². The molecule has 5 rings (SSSR count). The van der Waals surface area contributed by atoms with E-state index in [9.17, 15) is 23.9 Å². The molecule has 3 saturated carbocycles. The van der Waals surface area contributed by atoms with Gasteiger partial charge in [0.05, 0.1) is 24.4 Å². The quantitative estimate of drug-likeness (QED) is 0.407. The average molecular weight is 555 g/mol. The summed E-state index contributed by atoms with van der Waals surface area (Å²) in [4.78, 5) is 38.8. The van der Waals surface area contributed by atoms with Crippen LogP contribution in [0.3, 0.4) is 0 Å². The van der Waals surface area contributed by atoms with E-state index < -0.39 is 75.9 Å². The van der Waals surface area contributed by atoms with Gasteiger partial charge in [-0.25, -0.2) is 18.0 Å². The maximum Gasteiger partial charge on any atom is 0.375 e. The van der Waals surface area contributed by atoms with E-state index in [-0.39, 0.29) is 42.6 Å². The summed E-state index contributed by atoms with van der Waals surface area (Å²) in [6.07, 6.45) is 1.02. The second kappa shape index (κ2) is 9.09. The average Bonchev–Trinajstić information content (AvgIpc) is 3.48. The fourth-order valence-electron chi connectivity index (χ4n) is 7.95. The Morgan fingerprint density at radius 1 is 1.26 bits per heavy atom. The SMILES string of the molecule is C[C@@H]1C[C@H]2[C@@H]3C[C@H](F)C4=CC(=O)C=C[C@]4(C)[C@@]3(F)[C@@H](O)C[C@]2(C)[C@@]1(OC(=O)c1ccco1)C(=O)SOCF. The van der Waals surface area contributed by atoms with Gasteiger partial charge in [-0.1, -0.05) is 19.9 Å². The molecular formula is C27H29F3O7S. The number of ether oxygens (including phenoxy) is 1. The molecule has 1 aromatic heterocycles. The van der Waals surface area contributed by atoms with Crippen LogP contribution >= 0.6 is 12.0 Å². The van der Waals surface area contributed by atoms with Gasteiger partial charge in [0.2, 0.25) is 12.6 Å². The number of hydrogen-bond donors (Lipinski definition) is 1. The maximum absolute atomic E-state index is 17.4. The molecule has 0 aromatic carbocycles. The number of halogens is 3. The van der Waals surface area contributed by atoms with E-state index in [1.165, 1.54) is 37.5 Å². The van der Waals surface area contributed by atoms with Gasteiger partial charge < -0.3 is 14.3 Å². The Morgan fingerprint density at radius 3 is 2.66 bits per heavy atom. The van der Waals surface area contributed by atoms with Crippen LogP contribution in [0, 0.1) is 28.6 Å². The van der Waals surface area contributed by atoms with Crippen molar-refractivity contribution in [3.05, 3.63) is 48.0 Å². The highest BCUT2D eigenvalue weighted by Gasteiger charge is 2.78. The molecule has 1 heterocycles. The second-order valence-corrected chi connectivity index (χ2v) is 12.0. The summed E-state index contributed by atoms with van der Waals surface area (Å²) in [5.41, 5.74) is -7.32. The summed E-state index contributed by atoms with van der Waals surface area (Å²) in [7, 11) is 0. The number of fused-ring (bicyclic) bond motifs is 5. The molecule has 1 N–H and O–H groups in total. The van der Waals surface area contributed by atoms with Crippen LogP contribution < -0.4 is 0 Å². The zero-order chi connectivity index (χ0) is 27.7. The molecule has 9 atom stereocenters. The van der Waals surface area contributed by atoms with Crippen molar-refractivity contribution >= 4 is 28.9 Å². The van der Waals surface area contributed by atoms with Crippen molar-refractivity contribution < 1.29 is 46.0 Å². The van der Waals surface area contributed by atoms with Crippen LogP contribution in [-0.4, -0.2) is 52.4 Å². The number of furan rings is 1. The molecule has 0 bridgehead atoms. The Kier molecular flexibility index (Phi) is 6.51. The summed E-state index contributed by atoms with van der Waals surface area (Å²) in [5.74, 6) is -4.11. The molecule has 11 heteroatoms. The van der Waals surface area contributed by atoms with Crippen molar-refractivity contribution in [2.24, 2.45) is 28.6 Å². The smallest absolute Gasteiger partial charge is 0.375 e. The summed E-state index contributed by atoms with van der Waals surface area (Å²) in [5, 5.41) is 10.7. The lowest BCUT2D eigenvalue weighted by molar-refractivity contribution is -0.221. The lowest BCUT2D eigenvalue weighted by Gasteiger charge is -2.63. The van der Waals surface area contributed by atoms with Crippen molar-refractivity contribution in [2.45, 2.75) is 63.6 Å². The third kappa shape index (κ3) is 3.40. The fourth-order valence-corrected chi connectivity index (χ4v) is 8.70. The topological polar surface area (TPSA) is 103 Å². The van der Waals surface area contributed by atoms with Crippen molar-refractivity contribution in [1.29, 1.82) is 0 Å². The monoisotopic (exact) mass is 554 g/mol. The van der Waals surface area contributed by atoms with Gasteiger partial charge in [-0.3, -0.25) is 13.8 Å². The summed E-state index contributed by atoms with van der Waals surface area (Å²) < 4.78 is 61.7. The molecule has 4 aliphatic rings. The molecule has 0 aliphatic heterocycles. The van der Waals surface area contributed by atoms with E-state index in [1.807, 2.05) is 0 Å². The van der Waals surface area contributed by atoms with Crippen molar-refractivity contribution in [3.63, 3.8) is 0 Å². The number of rotatable bonds is 5. The Morgan fingerprint density at radius 2 is 2.00 bits per heavy atom. The highest BCUT2D eigenvalue weighted by atomic mass is 32.2. The Hall–Kier alpha value is -2.37. The fraction of sp³-hybridized carbons (Fsp3) is 0.593. The lowest BCUT2D eigenvalue weighted by atomic mass is 9.44. The van der Waals surface area contributed by atoms with Gasteiger partial charge in [0.25, 0.3) is 5.12 Å². The first kappa shape index (κ1) is 27.2. The van der Waals surface area contributed by atoms with Crippen LogP contribution in [0.2, 0.25) is 0 Å². The van der Waals surface area contributed by atoms with Gasteiger partial charge in [-0.2, -0.15) is 0 Å². The molecule has 1 aromatic rings. The second-order valence-electron chi connectivity index (χ2n) is 11.2. The number of allylic oxidation sites excluding steroid dienone is 4. The van der Waals surface area contributed by atoms with E-state index in [4.69, 9.17) is 9.15 Å². The van der Waals surface area contributed by atoms with Crippen molar-refractivity contribution in [1.82, 2.24) is 0 Å². The van der Waals surface area contributed by atoms with Gasteiger partial charge in [-0.05, 0) is 62.0 Å². The van der Waals surface area contributed by atoms with Crippen LogP contribution in [0.5, 0.6) is 0 Å². The number of carbonyl (C=O) groups excluding carboxylic acids is 3. The number of ketones is 1. The third-order valence-electron chi connectivity index (χ3n) is 9.63. The Balaban J connectivity index is 1.63. The largest absolute Gasteiger partial charge is 0.457 e. The molecule has 206 valence electrons. The van der Waals surface area contributed by atoms with Gasteiger partial charge >= 0.3 is 5.97 Å². The standard InChI is InChI=1S/C27H29F3O7S/c1-14-9-16-17-11-19(29)18-10-15(31)6-7-24(18,2)26(17,30)21(32)12-25(16,3)27(14,23(34)38-36-13-28)37-22(33)20-5-4-8-35-20/h4-8,10,14,16-17,19,21,32H,9,11-13H2,1-3H3/t14-,16+,17+,19+,21+,24+,25+,26+,27+/m1/s1. The number of carbonyl (C=O) groups is 3. The summed E-state index contributed by atoms with van der Waals surface area (Å²) in [6.45, 7) is 3.47. The summed E-state index contributed by atoms with van der Waals surface area (Å²) >= 11 is 0.189. The van der Waals surface area contributed by atoms with E-state index in [1.54, 1.807) is 13.8 Å². The van der Waals surface area contributed by atoms with E-state index in [2.05, 4.69) is 4.18 Å². The molecule has 38 heavy (non-hydrogen) atoms. The number of hydrogen-bond acceptors (Lipinski definition) is 8. The van der Waals surface area contributed by atoms with E-state index >= 15 is 8.78 Å². The number of aliphatic hydroxyl groups is 1. The van der Waals surface area contributed by atoms with Crippen molar-refractivity contribution in [3.8, 4) is 0 Å². The van der Waals surface area contributed by atoms with Gasteiger partial charge in [0, 0.05) is 22.7 Å². The predicted octanol–water partition coefficient (Wildman–Crippen LogP) is 4.86. The van der Waals surface area contributed by atoms with Gasteiger partial charge in [-0.15, -0.1) is 0 Å². The molecule has 0 unspecified atom stereocenters. The highest BCUT2D eigenvalue weighted by Crippen LogP contribution is 2.72. The van der Waals surface area contributed by atoms with Crippen LogP contribution in [-0.2, 0) is 18.5 Å². The molecule has 3 fully saturated rings. The highest BCUT2D eigenvalue weighted by molar-refractivity contribution is 8.09. The van der Waals surface area contributed by atoms with E-state index in [0.717, 1.165) is 6.08 Å². The van der Waals surface area contributed by atoms with Gasteiger partial charge in [0.1, 0.15) is 6.17 Å². The number of alkyl halides is 3. The molecule has 0 spiro atoms. The van der Waals surface area contributed by atoms with Crippen LogP contribution in [0.1, 0.15) is 50.6 Å². The molecular weight excluding hydrogens is 525 g/mol.